The highest BCUT2D eigenvalue weighted by atomic mass is 19.4. The normalized spacial score (nSPS) is 15.0. The van der Waals surface area contributed by atoms with Gasteiger partial charge in [-0.05, 0) is 35.9 Å². The Labute approximate surface area is 142 Å². The first-order valence-electron chi connectivity index (χ1n) is 7.38. The molecule has 128 valence electrons. The van der Waals surface area contributed by atoms with E-state index in [1.54, 1.807) is 24.3 Å². The van der Waals surface area contributed by atoms with Crippen molar-refractivity contribution in [2.75, 3.05) is 6.61 Å². The van der Waals surface area contributed by atoms with E-state index in [-0.39, 0.29) is 11.5 Å². The number of Topliss-reactive ketones (excluding diaryl/α,β-unsaturated/α-hetero) is 1. The predicted molar refractivity (Wildman–Crippen MR) is 86.5 cm³/mol. The van der Waals surface area contributed by atoms with E-state index >= 15 is 0 Å². The number of fused-ring (bicyclic) bond motifs is 1. The SMILES string of the molecule is C=CCOc1ccc2c(c1)O/C(=C\c1ccc(C(F)(F)F)cc1)C2=O. The second-order valence-corrected chi connectivity index (χ2v) is 5.32. The Morgan fingerprint density at radius 1 is 1.12 bits per heavy atom. The van der Waals surface area contributed by atoms with Gasteiger partial charge in [0.05, 0.1) is 11.1 Å². The minimum Gasteiger partial charge on any atom is -0.489 e. The fourth-order valence-corrected chi connectivity index (χ4v) is 2.33. The average molecular weight is 346 g/mol. The molecule has 0 radical (unpaired) electrons. The van der Waals surface area contributed by atoms with Crippen LogP contribution in [0.3, 0.4) is 0 Å². The molecule has 2 aromatic rings. The van der Waals surface area contributed by atoms with Gasteiger partial charge >= 0.3 is 6.18 Å². The number of alkyl halides is 3. The van der Waals surface area contributed by atoms with Gasteiger partial charge in [0.2, 0.25) is 5.78 Å². The van der Waals surface area contributed by atoms with Crippen LogP contribution < -0.4 is 9.47 Å². The van der Waals surface area contributed by atoms with Crippen LogP contribution in [0.4, 0.5) is 13.2 Å². The standard InChI is InChI=1S/C19H13F3O3/c1-2-9-24-14-7-8-15-16(11-14)25-17(18(15)23)10-12-3-5-13(6-4-12)19(20,21)22/h2-8,10-11H,1,9H2/b17-10-. The van der Waals surface area contributed by atoms with E-state index in [4.69, 9.17) is 9.47 Å². The molecule has 0 unspecified atom stereocenters. The van der Waals surface area contributed by atoms with Gasteiger partial charge < -0.3 is 9.47 Å². The third kappa shape index (κ3) is 3.57. The lowest BCUT2D eigenvalue weighted by Gasteiger charge is -2.06. The number of carbonyl (C=O) groups excluding carboxylic acids is 1. The van der Waals surface area contributed by atoms with Crippen molar-refractivity contribution < 1.29 is 27.4 Å². The highest BCUT2D eigenvalue weighted by molar-refractivity contribution is 6.14. The van der Waals surface area contributed by atoms with Crippen LogP contribution in [0.1, 0.15) is 21.5 Å². The monoisotopic (exact) mass is 346 g/mol. The minimum atomic E-state index is -4.40. The Hall–Kier alpha value is -3.02. The van der Waals surface area contributed by atoms with Crippen molar-refractivity contribution in [3.63, 3.8) is 0 Å². The first-order valence-corrected chi connectivity index (χ1v) is 7.38. The largest absolute Gasteiger partial charge is 0.489 e. The second kappa shape index (κ2) is 6.47. The number of allylic oxidation sites excluding steroid dienone is 1. The molecule has 3 rings (SSSR count). The second-order valence-electron chi connectivity index (χ2n) is 5.32. The molecule has 1 heterocycles. The van der Waals surface area contributed by atoms with Gasteiger partial charge in [-0.2, -0.15) is 13.2 Å². The predicted octanol–water partition coefficient (Wildman–Crippen LogP) is 4.89. The van der Waals surface area contributed by atoms with E-state index in [2.05, 4.69) is 6.58 Å². The van der Waals surface area contributed by atoms with Crippen LogP contribution in [0, 0.1) is 0 Å². The van der Waals surface area contributed by atoms with Crippen molar-refractivity contribution in [1.82, 2.24) is 0 Å². The number of rotatable bonds is 4. The van der Waals surface area contributed by atoms with Crippen molar-refractivity contribution in [3.8, 4) is 11.5 Å². The number of hydrogen-bond donors (Lipinski definition) is 0. The molecular weight excluding hydrogens is 333 g/mol. The summed E-state index contributed by atoms with van der Waals surface area (Å²) >= 11 is 0. The molecule has 0 N–H and O–H groups in total. The van der Waals surface area contributed by atoms with Crippen LogP contribution >= 0.6 is 0 Å². The lowest BCUT2D eigenvalue weighted by molar-refractivity contribution is -0.137. The van der Waals surface area contributed by atoms with Crippen molar-refractivity contribution in [2.24, 2.45) is 0 Å². The van der Waals surface area contributed by atoms with Gasteiger partial charge in [-0.15, -0.1) is 0 Å². The van der Waals surface area contributed by atoms with Gasteiger partial charge in [-0.3, -0.25) is 4.79 Å². The third-order valence-corrected chi connectivity index (χ3v) is 3.55. The Morgan fingerprint density at radius 2 is 1.84 bits per heavy atom. The van der Waals surface area contributed by atoms with Crippen LogP contribution in [0.5, 0.6) is 11.5 Å². The van der Waals surface area contributed by atoms with Gasteiger partial charge in [-0.1, -0.05) is 24.8 Å². The number of hydrogen-bond acceptors (Lipinski definition) is 3. The number of carbonyl (C=O) groups is 1. The molecule has 1 aliphatic rings. The van der Waals surface area contributed by atoms with E-state index < -0.39 is 11.7 Å². The molecule has 0 atom stereocenters. The molecule has 0 saturated carbocycles. The van der Waals surface area contributed by atoms with E-state index in [9.17, 15) is 18.0 Å². The van der Waals surface area contributed by atoms with Crippen molar-refractivity contribution in [3.05, 3.63) is 77.6 Å². The fourth-order valence-electron chi connectivity index (χ4n) is 2.33. The number of benzene rings is 2. The molecule has 1 aliphatic heterocycles. The van der Waals surface area contributed by atoms with E-state index in [0.717, 1.165) is 12.1 Å². The van der Waals surface area contributed by atoms with Gasteiger partial charge in [0.1, 0.15) is 18.1 Å². The Balaban J connectivity index is 1.83. The van der Waals surface area contributed by atoms with Crippen molar-refractivity contribution >= 4 is 11.9 Å². The summed E-state index contributed by atoms with van der Waals surface area (Å²) in [6.07, 6.45) is -1.40. The molecule has 0 spiro atoms. The van der Waals surface area contributed by atoms with Crippen LogP contribution in [-0.4, -0.2) is 12.4 Å². The lowest BCUT2D eigenvalue weighted by atomic mass is 10.1. The first-order chi connectivity index (χ1) is 11.9. The zero-order valence-electron chi connectivity index (χ0n) is 13.0. The zero-order valence-corrected chi connectivity index (χ0v) is 13.0. The van der Waals surface area contributed by atoms with Crippen LogP contribution in [0.2, 0.25) is 0 Å². The zero-order chi connectivity index (χ0) is 18.0. The lowest BCUT2D eigenvalue weighted by Crippen LogP contribution is -2.04. The van der Waals surface area contributed by atoms with Gasteiger partial charge in [0.25, 0.3) is 0 Å². The van der Waals surface area contributed by atoms with E-state index in [1.165, 1.54) is 18.2 Å². The quantitative estimate of drug-likeness (QED) is 0.584. The average Bonchev–Trinajstić information content (AvgIpc) is 2.88. The number of ketones is 1. The maximum Gasteiger partial charge on any atom is 0.416 e. The highest BCUT2D eigenvalue weighted by Gasteiger charge is 2.30. The summed E-state index contributed by atoms with van der Waals surface area (Å²) in [5, 5.41) is 0. The minimum absolute atomic E-state index is 0.0515. The Morgan fingerprint density at radius 3 is 2.48 bits per heavy atom. The summed E-state index contributed by atoms with van der Waals surface area (Å²) in [6.45, 7) is 3.87. The van der Waals surface area contributed by atoms with E-state index in [1.807, 2.05) is 0 Å². The summed E-state index contributed by atoms with van der Waals surface area (Å²) in [7, 11) is 0. The van der Waals surface area contributed by atoms with Gasteiger partial charge in [0, 0.05) is 6.07 Å². The number of ether oxygens (including phenoxy) is 2. The highest BCUT2D eigenvalue weighted by Crippen LogP contribution is 2.35. The van der Waals surface area contributed by atoms with Crippen LogP contribution in [0.15, 0.2) is 60.9 Å². The summed E-state index contributed by atoms with van der Waals surface area (Å²) in [5.74, 6) is 0.604. The molecule has 0 fully saturated rings. The summed E-state index contributed by atoms with van der Waals surface area (Å²) in [4.78, 5) is 12.3. The maximum atomic E-state index is 12.6. The molecule has 3 nitrogen and oxygen atoms in total. The Kier molecular flexibility index (Phi) is 4.35. The first kappa shape index (κ1) is 16.8. The molecule has 2 aromatic carbocycles. The topological polar surface area (TPSA) is 35.5 Å². The van der Waals surface area contributed by atoms with Crippen molar-refractivity contribution in [2.45, 2.75) is 6.18 Å². The summed E-state index contributed by atoms with van der Waals surface area (Å²) in [6, 6.07) is 9.31. The Bertz CT molecular complexity index is 849. The van der Waals surface area contributed by atoms with Gasteiger partial charge in [0.15, 0.2) is 5.76 Å². The molecule has 0 aromatic heterocycles. The molecule has 0 saturated heterocycles. The smallest absolute Gasteiger partial charge is 0.416 e. The fraction of sp³-hybridized carbons (Fsp3) is 0.105. The van der Waals surface area contributed by atoms with Crippen LogP contribution in [-0.2, 0) is 6.18 Å². The van der Waals surface area contributed by atoms with E-state index in [0.29, 0.717) is 29.2 Å². The third-order valence-electron chi connectivity index (χ3n) is 3.55. The van der Waals surface area contributed by atoms with Gasteiger partial charge in [-0.25, -0.2) is 0 Å². The summed E-state index contributed by atoms with van der Waals surface area (Å²) in [5.41, 5.74) is 0.0667. The number of halogens is 3. The molecule has 6 heteroatoms. The molecular formula is C19H13F3O3. The maximum absolute atomic E-state index is 12.6. The summed E-state index contributed by atoms with van der Waals surface area (Å²) < 4.78 is 48.6. The molecule has 0 aliphatic carbocycles. The van der Waals surface area contributed by atoms with Crippen LogP contribution in [0.25, 0.3) is 6.08 Å². The molecule has 0 bridgehead atoms. The molecule has 0 amide bonds. The van der Waals surface area contributed by atoms with Crippen molar-refractivity contribution in [1.29, 1.82) is 0 Å². The molecule has 25 heavy (non-hydrogen) atoms.